The van der Waals surface area contributed by atoms with Gasteiger partial charge in [0, 0.05) is 24.7 Å². The van der Waals surface area contributed by atoms with E-state index in [1.165, 1.54) is 29.5 Å². The van der Waals surface area contributed by atoms with Gasteiger partial charge in [-0.05, 0) is 49.9 Å². The summed E-state index contributed by atoms with van der Waals surface area (Å²) in [6, 6.07) is 9.39. The van der Waals surface area contributed by atoms with Crippen LogP contribution in [0.5, 0.6) is 0 Å². The highest BCUT2D eigenvalue weighted by Crippen LogP contribution is 2.36. The van der Waals surface area contributed by atoms with Crippen molar-refractivity contribution in [1.82, 2.24) is 15.1 Å². The summed E-state index contributed by atoms with van der Waals surface area (Å²) >= 11 is 0. The average Bonchev–Trinajstić information content (AvgIpc) is 3.11. The molecule has 2 atom stereocenters. The van der Waals surface area contributed by atoms with Crippen molar-refractivity contribution < 1.29 is 0 Å². The zero-order valence-electron chi connectivity index (χ0n) is 12.3. The van der Waals surface area contributed by atoms with Gasteiger partial charge in [0.05, 0.1) is 6.20 Å². The van der Waals surface area contributed by atoms with Crippen molar-refractivity contribution in [3.8, 4) is 0 Å². The summed E-state index contributed by atoms with van der Waals surface area (Å²) < 4.78 is 2.00. The van der Waals surface area contributed by atoms with Gasteiger partial charge in [0.2, 0.25) is 0 Å². The van der Waals surface area contributed by atoms with Crippen molar-refractivity contribution in [1.29, 1.82) is 0 Å². The molecular weight excluding hydrogens is 246 g/mol. The van der Waals surface area contributed by atoms with Crippen molar-refractivity contribution in [2.75, 3.05) is 7.05 Å². The van der Waals surface area contributed by atoms with Gasteiger partial charge < -0.3 is 5.32 Å². The highest BCUT2D eigenvalue weighted by Gasteiger charge is 2.28. The topological polar surface area (TPSA) is 29.9 Å². The fraction of sp³-hybridized carbons (Fsp3) is 0.471. The Morgan fingerprint density at radius 1 is 1.40 bits per heavy atom. The number of aromatic nitrogens is 2. The van der Waals surface area contributed by atoms with Gasteiger partial charge in [0.1, 0.15) is 0 Å². The minimum absolute atomic E-state index is 0.494. The number of fused-ring (bicyclic) bond motifs is 1. The Morgan fingerprint density at radius 3 is 3.00 bits per heavy atom. The number of rotatable bonds is 5. The highest BCUT2D eigenvalue weighted by molar-refractivity contribution is 5.36. The van der Waals surface area contributed by atoms with E-state index in [1.807, 2.05) is 10.9 Å². The molecule has 0 aliphatic heterocycles. The number of nitrogens with one attached hydrogen (secondary N) is 1. The molecule has 1 aliphatic rings. The van der Waals surface area contributed by atoms with Crippen molar-refractivity contribution in [2.24, 2.45) is 0 Å². The Bertz CT molecular complexity index is 573. The second-order valence-electron chi connectivity index (χ2n) is 5.65. The molecule has 0 saturated carbocycles. The third-order valence-electron chi connectivity index (χ3n) is 4.50. The normalized spacial score (nSPS) is 19.0. The minimum atomic E-state index is 0.494. The maximum atomic E-state index is 4.38. The van der Waals surface area contributed by atoms with Crippen LogP contribution in [-0.4, -0.2) is 22.9 Å². The lowest BCUT2D eigenvalue weighted by Gasteiger charge is -2.23. The van der Waals surface area contributed by atoms with Gasteiger partial charge in [0.15, 0.2) is 0 Å². The molecule has 20 heavy (non-hydrogen) atoms. The van der Waals surface area contributed by atoms with E-state index >= 15 is 0 Å². The van der Waals surface area contributed by atoms with E-state index in [9.17, 15) is 0 Å². The predicted octanol–water partition coefficient (Wildman–Crippen LogP) is 2.76. The molecule has 1 aromatic carbocycles. The molecule has 1 aromatic heterocycles. The first-order valence-electron chi connectivity index (χ1n) is 7.58. The van der Waals surface area contributed by atoms with Crippen LogP contribution in [0.15, 0.2) is 36.7 Å². The molecule has 2 unspecified atom stereocenters. The van der Waals surface area contributed by atoms with Crippen LogP contribution in [0, 0.1) is 0 Å². The smallest absolute Gasteiger partial charge is 0.0522 e. The van der Waals surface area contributed by atoms with Crippen LogP contribution in [0.1, 0.15) is 36.0 Å². The molecule has 106 valence electrons. The van der Waals surface area contributed by atoms with Crippen LogP contribution in [0.2, 0.25) is 0 Å². The monoisotopic (exact) mass is 269 g/mol. The molecule has 0 radical (unpaired) electrons. The maximum Gasteiger partial charge on any atom is 0.0522 e. The van der Waals surface area contributed by atoms with Crippen molar-refractivity contribution in [2.45, 2.75) is 44.7 Å². The summed E-state index contributed by atoms with van der Waals surface area (Å²) in [5, 5.41) is 7.91. The van der Waals surface area contributed by atoms with Gasteiger partial charge in [-0.25, -0.2) is 0 Å². The van der Waals surface area contributed by atoms with Crippen LogP contribution in [0.25, 0.3) is 0 Å². The first-order valence-corrected chi connectivity index (χ1v) is 7.58. The van der Waals surface area contributed by atoms with Crippen molar-refractivity contribution in [3.63, 3.8) is 0 Å². The zero-order chi connectivity index (χ0) is 13.9. The molecule has 3 rings (SSSR count). The van der Waals surface area contributed by atoms with Gasteiger partial charge in [0.25, 0.3) is 0 Å². The van der Waals surface area contributed by atoms with Gasteiger partial charge >= 0.3 is 0 Å². The molecule has 2 aromatic rings. The number of likely N-dealkylation sites (N-methyl/N-ethyl adjacent to an activating group) is 1. The summed E-state index contributed by atoms with van der Waals surface area (Å²) in [5.74, 6) is 0.626. The number of aryl methyl sites for hydroxylation is 2. The Morgan fingerprint density at radius 2 is 2.25 bits per heavy atom. The molecule has 1 heterocycles. The lowest BCUT2D eigenvalue weighted by Crippen LogP contribution is -2.33. The second-order valence-corrected chi connectivity index (χ2v) is 5.65. The molecule has 0 bridgehead atoms. The molecule has 0 fully saturated rings. The fourth-order valence-corrected chi connectivity index (χ4v) is 3.39. The van der Waals surface area contributed by atoms with Crippen LogP contribution < -0.4 is 5.32 Å². The predicted molar refractivity (Wildman–Crippen MR) is 82.0 cm³/mol. The summed E-state index contributed by atoms with van der Waals surface area (Å²) in [7, 11) is 2.08. The van der Waals surface area contributed by atoms with E-state index in [0.717, 1.165) is 13.0 Å². The van der Waals surface area contributed by atoms with E-state index in [2.05, 4.69) is 54.8 Å². The van der Waals surface area contributed by atoms with E-state index < -0.39 is 0 Å². The standard InChI is InChI=1S/C17H23N3/c1-3-20-12-13(11-19-20)10-17(18-2)16-9-8-14-6-4-5-7-15(14)16/h4-7,11-12,16-18H,3,8-10H2,1-2H3. The minimum Gasteiger partial charge on any atom is -0.316 e. The fourth-order valence-electron chi connectivity index (χ4n) is 3.39. The second kappa shape index (κ2) is 5.80. The number of benzene rings is 1. The number of hydrogen-bond acceptors (Lipinski definition) is 2. The van der Waals surface area contributed by atoms with Crippen molar-refractivity contribution in [3.05, 3.63) is 53.3 Å². The van der Waals surface area contributed by atoms with Crippen LogP contribution in [0.3, 0.4) is 0 Å². The highest BCUT2D eigenvalue weighted by atomic mass is 15.3. The molecule has 0 spiro atoms. The third kappa shape index (κ3) is 2.50. The Balaban J connectivity index is 1.77. The number of hydrogen-bond donors (Lipinski definition) is 1. The summed E-state index contributed by atoms with van der Waals surface area (Å²) in [5.41, 5.74) is 4.40. The van der Waals surface area contributed by atoms with E-state index in [-0.39, 0.29) is 0 Å². The molecular formula is C17H23N3. The number of nitrogens with zero attached hydrogens (tertiary/aromatic N) is 2. The quantitative estimate of drug-likeness (QED) is 0.904. The van der Waals surface area contributed by atoms with Gasteiger partial charge in [-0.2, -0.15) is 5.10 Å². The summed E-state index contributed by atoms with van der Waals surface area (Å²) in [4.78, 5) is 0. The molecule has 3 nitrogen and oxygen atoms in total. The average molecular weight is 269 g/mol. The first-order chi connectivity index (χ1) is 9.81. The SMILES string of the molecule is CCn1cc(CC(NC)C2CCc3ccccc32)cn1. The first kappa shape index (κ1) is 13.4. The van der Waals surface area contributed by atoms with E-state index in [0.29, 0.717) is 12.0 Å². The lowest BCUT2D eigenvalue weighted by atomic mass is 9.89. The van der Waals surface area contributed by atoms with Gasteiger partial charge in [-0.1, -0.05) is 24.3 Å². The van der Waals surface area contributed by atoms with Crippen LogP contribution >= 0.6 is 0 Å². The molecule has 0 amide bonds. The summed E-state index contributed by atoms with van der Waals surface area (Å²) in [6.07, 6.45) is 7.70. The Kier molecular flexibility index (Phi) is 3.88. The lowest BCUT2D eigenvalue weighted by molar-refractivity contribution is 0.456. The maximum absolute atomic E-state index is 4.38. The summed E-state index contributed by atoms with van der Waals surface area (Å²) in [6.45, 7) is 3.07. The zero-order valence-corrected chi connectivity index (χ0v) is 12.3. The van der Waals surface area contributed by atoms with Gasteiger partial charge in [-0.15, -0.1) is 0 Å². The molecule has 0 saturated heterocycles. The Labute approximate surface area is 121 Å². The van der Waals surface area contributed by atoms with Crippen LogP contribution in [-0.2, 0) is 19.4 Å². The molecule has 1 aliphatic carbocycles. The van der Waals surface area contributed by atoms with Crippen molar-refractivity contribution >= 4 is 0 Å². The Hall–Kier alpha value is -1.61. The van der Waals surface area contributed by atoms with Crippen LogP contribution in [0.4, 0.5) is 0 Å². The van der Waals surface area contributed by atoms with E-state index in [4.69, 9.17) is 0 Å². The van der Waals surface area contributed by atoms with Gasteiger partial charge in [-0.3, -0.25) is 4.68 Å². The molecule has 1 N–H and O–H groups in total. The molecule has 3 heteroatoms. The largest absolute Gasteiger partial charge is 0.316 e. The van der Waals surface area contributed by atoms with E-state index in [1.54, 1.807) is 0 Å². The third-order valence-corrected chi connectivity index (χ3v) is 4.50.